The molecule has 0 amide bonds. The lowest BCUT2D eigenvalue weighted by Crippen LogP contribution is -2.45. The van der Waals surface area contributed by atoms with Crippen LogP contribution in [0.2, 0.25) is 0 Å². The molecule has 0 aliphatic carbocycles. The summed E-state index contributed by atoms with van der Waals surface area (Å²) in [6.45, 7) is 5.70. The molecule has 1 aliphatic heterocycles. The maximum absolute atomic E-state index is 12.0. The Labute approximate surface area is 143 Å². The zero-order valence-corrected chi connectivity index (χ0v) is 14.3. The molecule has 1 unspecified atom stereocenters. The third kappa shape index (κ3) is 3.66. The van der Waals surface area contributed by atoms with Crippen LogP contribution >= 0.6 is 0 Å². The molecule has 4 nitrogen and oxygen atoms in total. The van der Waals surface area contributed by atoms with E-state index in [1.807, 2.05) is 24.3 Å². The lowest BCUT2D eigenvalue weighted by atomic mass is 9.99. The van der Waals surface area contributed by atoms with Crippen molar-refractivity contribution in [3.8, 4) is 0 Å². The molecule has 2 aromatic rings. The quantitative estimate of drug-likeness (QED) is 0.878. The van der Waals surface area contributed by atoms with Crippen LogP contribution in [0, 0.1) is 6.92 Å². The minimum atomic E-state index is -0.271. The molecule has 1 heterocycles. The first-order chi connectivity index (χ1) is 11.7. The van der Waals surface area contributed by atoms with Crippen LogP contribution in [0.1, 0.15) is 33.1 Å². The van der Waals surface area contributed by atoms with Gasteiger partial charge < -0.3 is 10.1 Å². The van der Waals surface area contributed by atoms with Gasteiger partial charge in [-0.25, -0.2) is 4.79 Å². The number of methoxy groups -OCH3 is 1. The van der Waals surface area contributed by atoms with Crippen LogP contribution in [0.15, 0.2) is 48.5 Å². The molecule has 4 heteroatoms. The van der Waals surface area contributed by atoms with Crippen molar-refractivity contribution in [3.05, 3.63) is 70.8 Å². The second-order valence-electron chi connectivity index (χ2n) is 6.25. The second-order valence-corrected chi connectivity index (χ2v) is 6.25. The third-order valence-corrected chi connectivity index (χ3v) is 4.58. The fraction of sp³-hybridized carbons (Fsp3) is 0.350. The van der Waals surface area contributed by atoms with Gasteiger partial charge in [0.1, 0.15) is 0 Å². The number of carbonyl (C=O) groups excluding carboxylic acids is 1. The molecule has 1 atom stereocenters. The highest BCUT2D eigenvalue weighted by Crippen LogP contribution is 2.26. The van der Waals surface area contributed by atoms with Crippen molar-refractivity contribution in [2.75, 3.05) is 26.7 Å². The molecule has 2 aromatic carbocycles. The smallest absolute Gasteiger partial charge is 0.338 e. The van der Waals surface area contributed by atoms with Crippen LogP contribution in [0.3, 0.4) is 0 Å². The number of hydrogen-bond acceptors (Lipinski definition) is 4. The van der Waals surface area contributed by atoms with E-state index in [1.165, 1.54) is 18.2 Å². The fourth-order valence-corrected chi connectivity index (χ4v) is 3.33. The normalized spacial score (nSPS) is 18.3. The molecule has 0 aromatic heterocycles. The van der Waals surface area contributed by atoms with E-state index in [-0.39, 0.29) is 5.97 Å². The number of ether oxygens (including phenoxy) is 1. The highest BCUT2D eigenvalue weighted by Gasteiger charge is 2.25. The summed E-state index contributed by atoms with van der Waals surface area (Å²) in [6, 6.07) is 16.7. The predicted octanol–water partition coefficient (Wildman–Crippen LogP) is 2.93. The highest BCUT2D eigenvalue weighted by atomic mass is 16.5. The molecule has 126 valence electrons. The predicted molar refractivity (Wildman–Crippen MR) is 95.0 cm³/mol. The van der Waals surface area contributed by atoms with Crippen molar-refractivity contribution < 1.29 is 9.53 Å². The Morgan fingerprint density at radius 2 is 2.08 bits per heavy atom. The van der Waals surface area contributed by atoms with Crippen molar-refractivity contribution in [1.29, 1.82) is 0 Å². The van der Waals surface area contributed by atoms with E-state index in [0.717, 1.165) is 31.7 Å². The zero-order valence-electron chi connectivity index (χ0n) is 14.3. The molecular formula is C20H24N2O2. The fourth-order valence-electron chi connectivity index (χ4n) is 3.33. The number of nitrogens with one attached hydrogen (secondary N) is 1. The summed E-state index contributed by atoms with van der Waals surface area (Å²) < 4.78 is 4.92. The molecule has 1 fully saturated rings. The largest absolute Gasteiger partial charge is 0.465 e. The first kappa shape index (κ1) is 16.7. The molecule has 1 saturated heterocycles. The van der Waals surface area contributed by atoms with E-state index in [2.05, 4.69) is 41.4 Å². The van der Waals surface area contributed by atoms with E-state index in [4.69, 9.17) is 4.74 Å². The Bertz CT molecular complexity index is 714. The van der Waals surface area contributed by atoms with Gasteiger partial charge in [-0.15, -0.1) is 0 Å². The lowest BCUT2D eigenvalue weighted by Gasteiger charge is -2.37. The Hall–Kier alpha value is -2.17. The van der Waals surface area contributed by atoms with Crippen molar-refractivity contribution in [1.82, 2.24) is 10.2 Å². The molecule has 1 N–H and O–H groups in total. The van der Waals surface area contributed by atoms with Gasteiger partial charge in [0, 0.05) is 32.2 Å². The van der Waals surface area contributed by atoms with Crippen molar-refractivity contribution in [3.63, 3.8) is 0 Å². The minimum Gasteiger partial charge on any atom is -0.465 e. The van der Waals surface area contributed by atoms with E-state index in [1.54, 1.807) is 0 Å². The molecule has 0 radical (unpaired) electrons. The van der Waals surface area contributed by atoms with Crippen LogP contribution in [-0.4, -0.2) is 37.6 Å². The van der Waals surface area contributed by atoms with E-state index >= 15 is 0 Å². The summed E-state index contributed by atoms with van der Waals surface area (Å²) in [6.07, 6.45) is 0. The summed E-state index contributed by atoms with van der Waals surface area (Å²) in [5.74, 6) is -0.271. The van der Waals surface area contributed by atoms with E-state index in [9.17, 15) is 4.79 Å². The SMILES string of the molecule is COC(=O)c1ccccc1CN1CCNCC1c1cccc(C)c1. The van der Waals surface area contributed by atoms with Gasteiger partial charge >= 0.3 is 5.97 Å². The number of hydrogen-bond donors (Lipinski definition) is 1. The Morgan fingerprint density at radius 1 is 1.25 bits per heavy atom. The van der Waals surface area contributed by atoms with Crippen LogP contribution < -0.4 is 5.32 Å². The van der Waals surface area contributed by atoms with E-state index < -0.39 is 0 Å². The lowest BCUT2D eigenvalue weighted by molar-refractivity contribution is 0.0597. The number of esters is 1. The van der Waals surface area contributed by atoms with Crippen LogP contribution in [-0.2, 0) is 11.3 Å². The Balaban J connectivity index is 1.86. The molecular weight excluding hydrogens is 300 g/mol. The molecule has 0 saturated carbocycles. The third-order valence-electron chi connectivity index (χ3n) is 4.58. The number of carbonyl (C=O) groups is 1. The Kier molecular flexibility index (Phi) is 5.28. The van der Waals surface area contributed by atoms with Gasteiger partial charge in [0.2, 0.25) is 0 Å². The van der Waals surface area contributed by atoms with Crippen LogP contribution in [0.25, 0.3) is 0 Å². The van der Waals surface area contributed by atoms with Crippen molar-refractivity contribution in [2.24, 2.45) is 0 Å². The number of piperazine rings is 1. The van der Waals surface area contributed by atoms with Gasteiger partial charge in [-0.05, 0) is 24.1 Å². The zero-order chi connectivity index (χ0) is 16.9. The average Bonchev–Trinajstić information content (AvgIpc) is 2.62. The number of rotatable bonds is 4. The second kappa shape index (κ2) is 7.60. The summed E-state index contributed by atoms with van der Waals surface area (Å²) in [5.41, 5.74) is 4.26. The van der Waals surface area contributed by atoms with Gasteiger partial charge in [0.25, 0.3) is 0 Å². The van der Waals surface area contributed by atoms with Crippen molar-refractivity contribution in [2.45, 2.75) is 19.5 Å². The number of nitrogens with zero attached hydrogens (tertiary/aromatic N) is 1. The topological polar surface area (TPSA) is 41.6 Å². The first-order valence-electron chi connectivity index (χ1n) is 8.36. The molecule has 24 heavy (non-hydrogen) atoms. The highest BCUT2D eigenvalue weighted by molar-refractivity contribution is 5.90. The molecule has 0 spiro atoms. The molecule has 3 rings (SSSR count). The summed E-state index contributed by atoms with van der Waals surface area (Å²) in [5, 5.41) is 3.48. The van der Waals surface area contributed by atoms with Gasteiger partial charge in [0.15, 0.2) is 0 Å². The molecule has 0 bridgehead atoms. The van der Waals surface area contributed by atoms with Gasteiger partial charge in [-0.2, -0.15) is 0 Å². The summed E-state index contributed by atoms with van der Waals surface area (Å²) in [4.78, 5) is 14.5. The van der Waals surface area contributed by atoms with Gasteiger partial charge in [-0.1, -0.05) is 48.0 Å². The van der Waals surface area contributed by atoms with Crippen LogP contribution in [0.4, 0.5) is 0 Å². The summed E-state index contributed by atoms with van der Waals surface area (Å²) in [7, 11) is 1.43. The van der Waals surface area contributed by atoms with Gasteiger partial charge in [-0.3, -0.25) is 4.90 Å². The first-order valence-corrected chi connectivity index (χ1v) is 8.36. The number of aryl methyl sites for hydroxylation is 1. The maximum Gasteiger partial charge on any atom is 0.338 e. The van der Waals surface area contributed by atoms with Gasteiger partial charge in [0.05, 0.1) is 12.7 Å². The Morgan fingerprint density at radius 3 is 2.88 bits per heavy atom. The average molecular weight is 324 g/mol. The number of benzene rings is 2. The maximum atomic E-state index is 12.0. The van der Waals surface area contributed by atoms with Crippen LogP contribution in [0.5, 0.6) is 0 Å². The van der Waals surface area contributed by atoms with E-state index in [0.29, 0.717) is 11.6 Å². The minimum absolute atomic E-state index is 0.271. The monoisotopic (exact) mass is 324 g/mol. The standard InChI is InChI=1S/C20H24N2O2/c1-15-6-5-8-16(12-15)19-13-21-10-11-22(19)14-17-7-3-4-9-18(17)20(23)24-2/h3-9,12,19,21H,10-11,13-14H2,1-2H3. The summed E-state index contributed by atoms with van der Waals surface area (Å²) >= 11 is 0. The molecule has 1 aliphatic rings. The van der Waals surface area contributed by atoms with Crippen molar-refractivity contribution >= 4 is 5.97 Å².